The molecule has 0 aromatic carbocycles. The van der Waals surface area contributed by atoms with E-state index in [1.54, 1.807) is 6.92 Å². The smallest absolute Gasteiger partial charge is 0.550 e. The molecule has 42 valence electrons. The van der Waals surface area contributed by atoms with Crippen LogP contribution in [-0.4, -0.2) is 5.97 Å². The van der Waals surface area contributed by atoms with E-state index in [1.807, 2.05) is 6.92 Å². The molecule has 0 saturated carbocycles. The quantitative estimate of drug-likeness (QED) is 0.456. The molecule has 0 aliphatic rings. The number of aliphatic carboxylic acids is 1. The molecule has 8 heavy (non-hydrogen) atoms. The Morgan fingerprint density at radius 2 is 2.12 bits per heavy atom. The second-order valence-corrected chi connectivity index (χ2v) is 1.63. The summed E-state index contributed by atoms with van der Waals surface area (Å²) in [6.45, 7) is 3.45. The fourth-order valence-corrected chi connectivity index (χ4v) is 0.167. The number of carboxylic acid groups (broad SMARTS) is 1. The largest absolute Gasteiger partial charge is 1.00 e. The normalized spacial score (nSPS) is 11.8. The van der Waals surface area contributed by atoms with Crippen LogP contribution in [0.3, 0.4) is 0 Å². The van der Waals surface area contributed by atoms with Gasteiger partial charge in [0.1, 0.15) is 0 Å². The van der Waals surface area contributed by atoms with Crippen molar-refractivity contribution in [3.8, 4) is 0 Å². The Morgan fingerprint density at radius 1 is 1.75 bits per heavy atom. The van der Waals surface area contributed by atoms with Crippen molar-refractivity contribution < 1.29 is 68.1 Å². The van der Waals surface area contributed by atoms with E-state index < -0.39 is 5.97 Å². The summed E-state index contributed by atoms with van der Waals surface area (Å²) < 4.78 is 0. The van der Waals surface area contributed by atoms with Gasteiger partial charge in [-0.1, -0.05) is 13.8 Å². The molecule has 0 heterocycles. The summed E-state index contributed by atoms with van der Waals surface area (Å²) in [5.41, 5.74) is 0. The molecule has 0 aliphatic carbocycles. The minimum absolute atomic E-state index is 0. The molecule has 1 atom stereocenters. The first-order valence-electron chi connectivity index (χ1n) is 2.39. The summed E-state index contributed by atoms with van der Waals surface area (Å²) in [7, 11) is 0. The second kappa shape index (κ2) is 6.40. The van der Waals surface area contributed by atoms with Gasteiger partial charge in [-0.3, -0.25) is 0 Å². The zero-order valence-corrected chi connectivity index (χ0v) is 10.5. The first-order chi connectivity index (χ1) is 3.18. The van der Waals surface area contributed by atoms with Crippen molar-refractivity contribution in [1.82, 2.24) is 0 Å². The van der Waals surface area contributed by atoms with Crippen molar-refractivity contribution in [2.75, 3.05) is 0 Å². The number of rotatable bonds is 2. The topological polar surface area (TPSA) is 40.1 Å². The number of hydrogen-bond acceptors (Lipinski definition) is 2. The summed E-state index contributed by atoms with van der Waals surface area (Å²) in [6.07, 6.45) is 0.655. The van der Waals surface area contributed by atoms with Gasteiger partial charge in [0.05, 0.1) is 0 Å². The monoisotopic (exact) mass is 186 g/mol. The van der Waals surface area contributed by atoms with Gasteiger partial charge in [0.25, 0.3) is 0 Å². The molecular weight excluding hydrogens is 178 g/mol. The van der Waals surface area contributed by atoms with E-state index in [2.05, 4.69) is 0 Å². The van der Waals surface area contributed by atoms with Gasteiger partial charge in [-0.25, -0.2) is 0 Å². The maximum atomic E-state index is 9.82. The third-order valence-electron chi connectivity index (χ3n) is 1.01. The Bertz CT molecular complexity index is 72.8. The summed E-state index contributed by atoms with van der Waals surface area (Å²) >= 11 is 0. The predicted molar refractivity (Wildman–Crippen MR) is 24.5 cm³/mol. The Labute approximate surface area is 98.4 Å². The Hall–Kier alpha value is 1.28. The van der Waals surface area contributed by atoms with Crippen molar-refractivity contribution >= 4 is 5.97 Å². The number of hydrogen-bond donors (Lipinski definition) is 0. The predicted octanol–water partition coefficient (Wildman–Crippen LogP) is -3.21. The van der Waals surface area contributed by atoms with Crippen LogP contribution in [-0.2, 0) is 4.79 Å². The van der Waals surface area contributed by atoms with Crippen LogP contribution in [0.2, 0.25) is 0 Å². The van der Waals surface area contributed by atoms with Gasteiger partial charge in [0.15, 0.2) is 0 Å². The number of carboxylic acids is 1. The van der Waals surface area contributed by atoms with Crippen LogP contribution < -0.4 is 63.3 Å². The van der Waals surface area contributed by atoms with Crippen molar-refractivity contribution in [1.29, 1.82) is 0 Å². The maximum Gasteiger partial charge on any atom is 1.00 e. The molecule has 0 rings (SSSR count). The molecule has 3 heteroatoms. The first kappa shape index (κ1) is 12.0. The minimum atomic E-state index is -0.956. The van der Waals surface area contributed by atoms with E-state index >= 15 is 0 Å². The average Bonchev–Trinajstić information content (AvgIpc) is 1.65. The molecule has 0 aromatic heterocycles. The molecule has 0 N–H and O–H groups in total. The zero-order valence-electron chi connectivity index (χ0n) is 5.60. The summed E-state index contributed by atoms with van der Waals surface area (Å²) in [5, 5.41) is 9.82. The van der Waals surface area contributed by atoms with Gasteiger partial charge in [-0.2, -0.15) is 0 Å². The molecule has 0 amide bonds. The van der Waals surface area contributed by atoms with E-state index in [4.69, 9.17) is 0 Å². The van der Waals surface area contributed by atoms with Crippen molar-refractivity contribution in [3.05, 3.63) is 0 Å². The van der Waals surface area contributed by atoms with Gasteiger partial charge in [-0.15, -0.1) is 0 Å². The van der Waals surface area contributed by atoms with E-state index in [1.165, 1.54) is 0 Å². The summed E-state index contributed by atoms with van der Waals surface area (Å²) in [6, 6.07) is 0. The molecule has 0 bridgehead atoms. The van der Waals surface area contributed by atoms with Crippen LogP contribution in [0.1, 0.15) is 20.3 Å². The van der Waals surface area contributed by atoms with E-state index in [0.29, 0.717) is 6.42 Å². The van der Waals surface area contributed by atoms with Gasteiger partial charge < -0.3 is 9.90 Å². The summed E-state index contributed by atoms with van der Waals surface area (Å²) in [4.78, 5) is 9.82. The SMILES string of the molecule is CC[C@H](C)C(=O)[O-].[Rb+]. The fourth-order valence-electron chi connectivity index (χ4n) is 0.167. The second-order valence-electron chi connectivity index (χ2n) is 1.63. The Balaban J connectivity index is 0. The molecule has 0 fully saturated rings. The molecule has 0 saturated heterocycles. The molecule has 2 nitrogen and oxygen atoms in total. The van der Waals surface area contributed by atoms with Crippen LogP contribution in [0.4, 0.5) is 0 Å². The van der Waals surface area contributed by atoms with Crippen LogP contribution in [0.15, 0.2) is 0 Å². The zero-order chi connectivity index (χ0) is 5.86. The van der Waals surface area contributed by atoms with Gasteiger partial charge in [0, 0.05) is 5.97 Å². The third-order valence-corrected chi connectivity index (χ3v) is 1.01. The summed E-state index contributed by atoms with van der Waals surface area (Å²) in [5.74, 6) is -1.25. The van der Waals surface area contributed by atoms with Crippen LogP contribution in [0.25, 0.3) is 0 Å². The standard InChI is InChI=1S/C5H10O2.Rb/c1-3-4(2)5(6)7;/h4H,3H2,1-2H3,(H,6,7);/q;+1/p-1/t4-;/m0./s1. The van der Waals surface area contributed by atoms with Crippen molar-refractivity contribution in [3.63, 3.8) is 0 Å². The maximum absolute atomic E-state index is 9.82. The average molecular weight is 187 g/mol. The molecule has 0 spiro atoms. The van der Waals surface area contributed by atoms with Crippen LogP contribution >= 0.6 is 0 Å². The molecule has 0 aromatic rings. The minimum Gasteiger partial charge on any atom is -0.550 e. The Kier molecular flexibility index (Phi) is 9.59. The van der Waals surface area contributed by atoms with Gasteiger partial charge in [-0.05, 0) is 12.3 Å². The van der Waals surface area contributed by atoms with Crippen molar-refractivity contribution in [2.45, 2.75) is 20.3 Å². The fraction of sp³-hybridized carbons (Fsp3) is 0.800. The van der Waals surface area contributed by atoms with Gasteiger partial charge in [0.2, 0.25) is 0 Å². The number of carbonyl (C=O) groups is 1. The van der Waals surface area contributed by atoms with E-state index in [0.717, 1.165) is 0 Å². The van der Waals surface area contributed by atoms with Gasteiger partial charge >= 0.3 is 58.2 Å². The molecular formula is C5H9O2Rb. The van der Waals surface area contributed by atoms with E-state index in [-0.39, 0.29) is 64.1 Å². The number of carbonyl (C=O) groups excluding carboxylic acids is 1. The first-order valence-corrected chi connectivity index (χ1v) is 2.39. The molecule has 0 radical (unpaired) electrons. The third kappa shape index (κ3) is 5.41. The molecule has 0 aliphatic heterocycles. The van der Waals surface area contributed by atoms with E-state index in [9.17, 15) is 9.90 Å². The van der Waals surface area contributed by atoms with Crippen LogP contribution in [0, 0.1) is 5.92 Å². The van der Waals surface area contributed by atoms with Crippen LogP contribution in [0.5, 0.6) is 0 Å². The Morgan fingerprint density at radius 3 is 2.12 bits per heavy atom. The van der Waals surface area contributed by atoms with Crippen molar-refractivity contribution in [2.24, 2.45) is 5.92 Å². The molecule has 0 unspecified atom stereocenters.